The van der Waals surface area contributed by atoms with Gasteiger partial charge in [-0.1, -0.05) is 35.2 Å². The van der Waals surface area contributed by atoms with Gasteiger partial charge >= 0.3 is 0 Å². The first-order chi connectivity index (χ1) is 13.6. The molecule has 3 rings (SSSR count). The number of hydrogen-bond donors (Lipinski definition) is 1. The molecule has 150 valence electrons. The number of carbonyl (C=O) groups excluding carboxylic acids is 2. The van der Waals surface area contributed by atoms with Gasteiger partial charge in [0.2, 0.25) is 16.9 Å². The molecule has 0 atom stereocenters. The Morgan fingerprint density at radius 1 is 1.18 bits per heavy atom. The number of aromatic nitrogens is 2. The standard InChI is InChI=1S/C18H23N5O3S2/c1-19-15(24)12-27-18-21-20-17(28-18)23-9-7-22(8-10-23)16(25)11-13-3-5-14(26-2)6-4-13/h3-6H,7-12H2,1-2H3,(H,19,24). The average molecular weight is 422 g/mol. The number of carbonyl (C=O) groups is 2. The van der Waals surface area contributed by atoms with E-state index in [9.17, 15) is 9.59 Å². The van der Waals surface area contributed by atoms with E-state index in [2.05, 4.69) is 20.4 Å². The molecule has 0 saturated carbocycles. The van der Waals surface area contributed by atoms with Crippen LogP contribution >= 0.6 is 23.1 Å². The second kappa shape index (κ2) is 9.74. The smallest absolute Gasteiger partial charge is 0.230 e. The van der Waals surface area contributed by atoms with Crippen molar-refractivity contribution in [3.8, 4) is 5.75 Å². The van der Waals surface area contributed by atoms with Crippen molar-refractivity contribution in [1.29, 1.82) is 0 Å². The number of anilines is 1. The quantitative estimate of drug-likeness (QED) is 0.674. The average Bonchev–Trinajstić information content (AvgIpc) is 3.21. The topological polar surface area (TPSA) is 87.7 Å². The molecule has 1 aromatic carbocycles. The zero-order chi connectivity index (χ0) is 19.9. The Kier molecular flexibility index (Phi) is 7.10. The van der Waals surface area contributed by atoms with Crippen molar-refractivity contribution in [2.75, 3.05) is 51.0 Å². The summed E-state index contributed by atoms with van der Waals surface area (Å²) in [7, 11) is 3.24. The maximum atomic E-state index is 12.6. The van der Waals surface area contributed by atoms with E-state index >= 15 is 0 Å². The predicted octanol–water partition coefficient (Wildman–Crippen LogP) is 1.28. The van der Waals surface area contributed by atoms with Gasteiger partial charge in [-0.3, -0.25) is 9.59 Å². The van der Waals surface area contributed by atoms with Crippen LogP contribution in [0.15, 0.2) is 28.6 Å². The Balaban J connectivity index is 1.47. The van der Waals surface area contributed by atoms with Crippen LogP contribution in [0.3, 0.4) is 0 Å². The number of benzene rings is 1. The van der Waals surface area contributed by atoms with Crippen molar-refractivity contribution < 1.29 is 14.3 Å². The number of amides is 2. The lowest BCUT2D eigenvalue weighted by molar-refractivity contribution is -0.130. The lowest BCUT2D eigenvalue weighted by Gasteiger charge is -2.34. The minimum Gasteiger partial charge on any atom is -0.497 e. The van der Waals surface area contributed by atoms with E-state index in [1.807, 2.05) is 29.2 Å². The van der Waals surface area contributed by atoms with Gasteiger partial charge in [-0.05, 0) is 17.7 Å². The molecule has 1 fully saturated rings. The normalized spacial score (nSPS) is 14.1. The molecule has 1 saturated heterocycles. The SMILES string of the molecule is CNC(=O)CSc1nnc(N2CCN(C(=O)Cc3ccc(OC)cc3)CC2)s1. The summed E-state index contributed by atoms with van der Waals surface area (Å²) in [5, 5.41) is 11.8. The first-order valence-corrected chi connectivity index (χ1v) is 10.7. The summed E-state index contributed by atoms with van der Waals surface area (Å²) in [4.78, 5) is 27.9. The number of hydrogen-bond acceptors (Lipinski definition) is 8. The first-order valence-electron chi connectivity index (χ1n) is 8.91. The van der Waals surface area contributed by atoms with Crippen molar-refractivity contribution in [2.24, 2.45) is 0 Å². The summed E-state index contributed by atoms with van der Waals surface area (Å²) in [6.45, 7) is 2.77. The van der Waals surface area contributed by atoms with Crippen LogP contribution in [-0.2, 0) is 16.0 Å². The second-order valence-electron chi connectivity index (χ2n) is 6.21. The Labute approximate surface area is 172 Å². The Morgan fingerprint density at radius 2 is 1.89 bits per heavy atom. The summed E-state index contributed by atoms with van der Waals surface area (Å²) < 4.78 is 5.92. The summed E-state index contributed by atoms with van der Waals surface area (Å²) in [5.74, 6) is 1.21. The number of ether oxygens (including phenoxy) is 1. The van der Waals surface area contributed by atoms with Crippen LogP contribution in [0.1, 0.15) is 5.56 Å². The molecule has 2 amide bonds. The summed E-state index contributed by atoms with van der Waals surface area (Å²) in [5.41, 5.74) is 0.982. The highest BCUT2D eigenvalue weighted by molar-refractivity contribution is 8.01. The van der Waals surface area contributed by atoms with Crippen LogP contribution in [0.2, 0.25) is 0 Å². The van der Waals surface area contributed by atoms with Gasteiger partial charge in [0.15, 0.2) is 4.34 Å². The molecule has 1 aromatic heterocycles. The van der Waals surface area contributed by atoms with Gasteiger partial charge in [0.05, 0.1) is 19.3 Å². The molecule has 0 aliphatic carbocycles. The number of thioether (sulfide) groups is 1. The van der Waals surface area contributed by atoms with E-state index in [4.69, 9.17) is 4.74 Å². The van der Waals surface area contributed by atoms with Crippen molar-refractivity contribution in [3.05, 3.63) is 29.8 Å². The highest BCUT2D eigenvalue weighted by Gasteiger charge is 2.23. The first kappa shape index (κ1) is 20.4. The van der Waals surface area contributed by atoms with Crippen molar-refractivity contribution >= 4 is 40.0 Å². The van der Waals surface area contributed by atoms with Crippen molar-refractivity contribution in [1.82, 2.24) is 20.4 Å². The van der Waals surface area contributed by atoms with Gasteiger partial charge < -0.3 is 19.9 Å². The van der Waals surface area contributed by atoms with E-state index < -0.39 is 0 Å². The third-order valence-corrected chi connectivity index (χ3v) is 6.54. The fourth-order valence-electron chi connectivity index (χ4n) is 2.77. The van der Waals surface area contributed by atoms with Crippen molar-refractivity contribution in [2.45, 2.75) is 10.8 Å². The van der Waals surface area contributed by atoms with Gasteiger partial charge in [0, 0.05) is 33.2 Å². The molecule has 28 heavy (non-hydrogen) atoms. The zero-order valence-corrected chi connectivity index (χ0v) is 17.5. The Morgan fingerprint density at radius 3 is 2.54 bits per heavy atom. The molecule has 2 heterocycles. The molecule has 8 nitrogen and oxygen atoms in total. The van der Waals surface area contributed by atoms with Gasteiger partial charge in [0.1, 0.15) is 5.75 Å². The Bertz CT molecular complexity index is 804. The molecule has 2 aromatic rings. The third-order valence-electron chi connectivity index (χ3n) is 4.42. The van der Waals surface area contributed by atoms with E-state index in [0.717, 1.165) is 33.9 Å². The highest BCUT2D eigenvalue weighted by Crippen LogP contribution is 2.28. The fourth-order valence-corrected chi connectivity index (χ4v) is 4.53. The molecule has 0 unspecified atom stereocenters. The van der Waals surface area contributed by atoms with Gasteiger partial charge in [-0.15, -0.1) is 10.2 Å². The van der Waals surface area contributed by atoms with E-state index in [1.165, 1.54) is 23.1 Å². The van der Waals surface area contributed by atoms with Crippen LogP contribution in [-0.4, -0.2) is 73.0 Å². The van der Waals surface area contributed by atoms with Gasteiger partial charge in [-0.25, -0.2) is 0 Å². The van der Waals surface area contributed by atoms with Crippen LogP contribution in [0.5, 0.6) is 5.75 Å². The number of rotatable bonds is 7. The largest absolute Gasteiger partial charge is 0.497 e. The monoisotopic (exact) mass is 421 g/mol. The van der Waals surface area contributed by atoms with Crippen molar-refractivity contribution in [3.63, 3.8) is 0 Å². The number of piperazine rings is 1. The molecule has 1 aliphatic heterocycles. The number of nitrogens with one attached hydrogen (secondary N) is 1. The predicted molar refractivity (Wildman–Crippen MR) is 110 cm³/mol. The lowest BCUT2D eigenvalue weighted by Crippen LogP contribution is -2.49. The summed E-state index contributed by atoms with van der Waals surface area (Å²) in [6.07, 6.45) is 0.392. The maximum absolute atomic E-state index is 12.6. The van der Waals surface area contributed by atoms with Crippen LogP contribution in [0, 0.1) is 0 Å². The Hall–Kier alpha value is -2.33. The van der Waals surface area contributed by atoms with Crippen LogP contribution in [0.25, 0.3) is 0 Å². The molecular formula is C18H23N5O3S2. The second-order valence-corrected chi connectivity index (χ2v) is 8.38. The maximum Gasteiger partial charge on any atom is 0.230 e. The molecule has 1 aliphatic rings. The third kappa shape index (κ3) is 5.35. The summed E-state index contributed by atoms with van der Waals surface area (Å²) in [6, 6.07) is 7.59. The fraction of sp³-hybridized carbons (Fsp3) is 0.444. The van der Waals surface area contributed by atoms with Crippen LogP contribution < -0.4 is 15.0 Å². The van der Waals surface area contributed by atoms with E-state index in [1.54, 1.807) is 14.2 Å². The zero-order valence-electron chi connectivity index (χ0n) is 15.9. The van der Waals surface area contributed by atoms with E-state index in [-0.39, 0.29) is 11.8 Å². The highest BCUT2D eigenvalue weighted by atomic mass is 32.2. The summed E-state index contributed by atoms with van der Waals surface area (Å²) >= 11 is 2.86. The molecule has 1 N–H and O–H groups in total. The molecule has 0 radical (unpaired) electrons. The molecule has 0 bridgehead atoms. The van der Waals surface area contributed by atoms with Gasteiger partial charge in [0.25, 0.3) is 0 Å². The minimum atomic E-state index is -0.0364. The van der Waals surface area contributed by atoms with E-state index in [0.29, 0.717) is 25.3 Å². The number of methoxy groups -OCH3 is 1. The molecule has 0 spiro atoms. The van der Waals surface area contributed by atoms with Gasteiger partial charge in [-0.2, -0.15) is 0 Å². The molecular weight excluding hydrogens is 398 g/mol. The van der Waals surface area contributed by atoms with Crippen LogP contribution in [0.4, 0.5) is 5.13 Å². The lowest BCUT2D eigenvalue weighted by atomic mass is 10.1. The number of nitrogens with zero attached hydrogens (tertiary/aromatic N) is 4. The molecule has 10 heteroatoms. The minimum absolute atomic E-state index is 0.0364.